The van der Waals surface area contributed by atoms with Crippen molar-refractivity contribution in [2.45, 2.75) is 38.8 Å². The molecule has 118 valence electrons. The van der Waals surface area contributed by atoms with E-state index in [1.165, 1.54) is 6.33 Å². The topological polar surface area (TPSA) is 74.5 Å². The van der Waals surface area contributed by atoms with Crippen LogP contribution < -0.4 is 0 Å². The van der Waals surface area contributed by atoms with Gasteiger partial charge in [-0.15, -0.1) is 0 Å². The van der Waals surface area contributed by atoms with Crippen LogP contribution in [0, 0.1) is 0 Å². The van der Waals surface area contributed by atoms with Crippen LogP contribution in [0.5, 0.6) is 0 Å². The van der Waals surface area contributed by atoms with Crippen LogP contribution >= 0.6 is 0 Å². The van der Waals surface area contributed by atoms with E-state index < -0.39 is 0 Å². The molecule has 1 saturated heterocycles. The summed E-state index contributed by atoms with van der Waals surface area (Å²) in [5.74, 6) is 0.214. The van der Waals surface area contributed by atoms with E-state index in [-0.39, 0.29) is 12.0 Å². The molecule has 7 nitrogen and oxygen atoms in total. The molecule has 1 aliphatic rings. The molecule has 1 atom stereocenters. The maximum atomic E-state index is 12.1. The van der Waals surface area contributed by atoms with Crippen molar-refractivity contribution in [2.75, 3.05) is 32.7 Å². The Labute approximate surface area is 125 Å². The molecule has 1 N–H and O–H groups in total. The van der Waals surface area contributed by atoms with Gasteiger partial charge < -0.3 is 10.0 Å². The van der Waals surface area contributed by atoms with Crippen molar-refractivity contribution in [1.82, 2.24) is 24.6 Å². The Morgan fingerprint density at radius 1 is 1.33 bits per heavy atom. The summed E-state index contributed by atoms with van der Waals surface area (Å²) in [6, 6.07) is 0. The molecule has 0 saturated carbocycles. The van der Waals surface area contributed by atoms with E-state index in [1.54, 1.807) is 11.0 Å². The number of amides is 1. The zero-order valence-electron chi connectivity index (χ0n) is 12.7. The minimum atomic E-state index is -0.255. The number of nitrogens with zero attached hydrogens (tertiary/aromatic N) is 5. The lowest BCUT2D eigenvalue weighted by molar-refractivity contribution is -0.133. The zero-order valence-corrected chi connectivity index (χ0v) is 12.7. The molecule has 0 bridgehead atoms. The van der Waals surface area contributed by atoms with Crippen molar-refractivity contribution >= 4 is 5.91 Å². The molecule has 2 rings (SSSR count). The number of aromatic nitrogens is 3. The summed E-state index contributed by atoms with van der Waals surface area (Å²) in [6.07, 6.45) is 5.04. The largest absolute Gasteiger partial charge is 0.392 e. The minimum Gasteiger partial charge on any atom is -0.392 e. The summed E-state index contributed by atoms with van der Waals surface area (Å²) in [4.78, 5) is 20.2. The molecule has 2 heterocycles. The van der Waals surface area contributed by atoms with Gasteiger partial charge in [-0.3, -0.25) is 14.4 Å². The minimum absolute atomic E-state index is 0.214. The van der Waals surface area contributed by atoms with Gasteiger partial charge in [0.2, 0.25) is 5.91 Å². The van der Waals surface area contributed by atoms with Gasteiger partial charge in [0.1, 0.15) is 12.7 Å². The predicted molar refractivity (Wildman–Crippen MR) is 78.6 cm³/mol. The van der Waals surface area contributed by atoms with Crippen molar-refractivity contribution in [3.8, 4) is 0 Å². The molecule has 1 unspecified atom stereocenters. The lowest BCUT2D eigenvalue weighted by Gasteiger charge is -2.35. The zero-order chi connectivity index (χ0) is 15.1. The maximum absolute atomic E-state index is 12.1. The van der Waals surface area contributed by atoms with Gasteiger partial charge in [-0.05, 0) is 12.8 Å². The van der Waals surface area contributed by atoms with E-state index in [0.717, 1.165) is 45.6 Å². The van der Waals surface area contributed by atoms with Crippen molar-refractivity contribution in [3.63, 3.8) is 0 Å². The normalized spacial score (nSPS) is 17.9. The van der Waals surface area contributed by atoms with Crippen LogP contribution in [0.25, 0.3) is 0 Å². The number of aryl methyl sites for hydroxylation is 1. The number of hydrogen-bond donors (Lipinski definition) is 1. The van der Waals surface area contributed by atoms with E-state index >= 15 is 0 Å². The summed E-state index contributed by atoms with van der Waals surface area (Å²) in [7, 11) is 0. The number of rotatable bonds is 7. The number of aliphatic hydroxyl groups excluding tert-OH is 1. The third kappa shape index (κ3) is 5.09. The molecule has 1 fully saturated rings. The third-order valence-electron chi connectivity index (χ3n) is 3.91. The maximum Gasteiger partial charge on any atom is 0.222 e. The lowest BCUT2D eigenvalue weighted by Crippen LogP contribution is -2.50. The van der Waals surface area contributed by atoms with Gasteiger partial charge in [0.25, 0.3) is 0 Å². The van der Waals surface area contributed by atoms with Crippen molar-refractivity contribution in [1.29, 1.82) is 0 Å². The summed E-state index contributed by atoms with van der Waals surface area (Å²) in [5.41, 5.74) is 0. The number of hydrogen-bond acceptors (Lipinski definition) is 5. The molecule has 21 heavy (non-hydrogen) atoms. The summed E-state index contributed by atoms with van der Waals surface area (Å²) in [5, 5.41) is 13.7. The van der Waals surface area contributed by atoms with Crippen molar-refractivity contribution in [2.24, 2.45) is 0 Å². The Morgan fingerprint density at radius 2 is 2.10 bits per heavy atom. The van der Waals surface area contributed by atoms with E-state index in [4.69, 9.17) is 0 Å². The molecule has 1 amide bonds. The fourth-order valence-corrected chi connectivity index (χ4v) is 2.51. The fourth-order valence-electron chi connectivity index (χ4n) is 2.51. The first kappa shape index (κ1) is 15.9. The van der Waals surface area contributed by atoms with Gasteiger partial charge in [-0.2, -0.15) is 5.10 Å². The molecule has 0 aromatic carbocycles. The third-order valence-corrected chi connectivity index (χ3v) is 3.91. The van der Waals surface area contributed by atoms with E-state index in [2.05, 4.69) is 15.0 Å². The Morgan fingerprint density at radius 3 is 2.71 bits per heavy atom. The fraction of sp³-hybridized carbons (Fsp3) is 0.786. The van der Waals surface area contributed by atoms with Crippen molar-refractivity contribution in [3.05, 3.63) is 12.7 Å². The summed E-state index contributed by atoms with van der Waals surface area (Å²) >= 11 is 0. The average molecular weight is 295 g/mol. The number of aliphatic hydroxyl groups is 1. The molecule has 1 aromatic rings. The van der Waals surface area contributed by atoms with Crippen LogP contribution in [0.15, 0.2) is 12.7 Å². The van der Waals surface area contributed by atoms with Crippen molar-refractivity contribution < 1.29 is 9.90 Å². The number of carbonyl (C=O) groups excluding carboxylic acids is 1. The molecular formula is C14H25N5O2. The van der Waals surface area contributed by atoms with Crippen LogP contribution in [0.4, 0.5) is 0 Å². The smallest absolute Gasteiger partial charge is 0.222 e. The average Bonchev–Trinajstić information content (AvgIpc) is 3.01. The van der Waals surface area contributed by atoms with Crippen LogP contribution in [0.1, 0.15) is 26.2 Å². The van der Waals surface area contributed by atoms with Gasteiger partial charge in [0, 0.05) is 45.7 Å². The van der Waals surface area contributed by atoms with E-state index in [1.807, 2.05) is 11.8 Å². The molecule has 0 radical (unpaired) electrons. The molecular weight excluding hydrogens is 270 g/mol. The Kier molecular flexibility index (Phi) is 6.13. The SMILES string of the molecule is CCC(O)CN1CCN(C(=O)CCCn2cncn2)CC1. The molecule has 1 aromatic heterocycles. The highest BCUT2D eigenvalue weighted by Gasteiger charge is 2.21. The Bertz CT molecular complexity index is 415. The van der Waals surface area contributed by atoms with Crippen LogP contribution in [0.2, 0.25) is 0 Å². The molecule has 0 aliphatic carbocycles. The first-order valence-corrected chi connectivity index (χ1v) is 7.69. The summed E-state index contributed by atoms with van der Waals surface area (Å²) in [6.45, 7) is 6.66. The van der Waals surface area contributed by atoms with Gasteiger partial charge >= 0.3 is 0 Å². The number of piperazine rings is 1. The predicted octanol–water partition coefficient (Wildman–Crippen LogP) is -0.0266. The standard InChI is InChI=1S/C14H25N5O2/c1-2-13(20)10-17-6-8-18(9-7-17)14(21)4-3-5-19-12-15-11-16-19/h11-13,20H,2-10H2,1H3. The van der Waals surface area contributed by atoms with Gasteiger partial charge in [0.15, 0.2) is 0 Å². The van der Waals surface area contributed by atoms with E-state index in [0.29, 0.717) is 13.0 Å². The highest BCUT2D eigenvalue weighted by Crippen LogP contribution is 2.07. The Hall–Kier alpha value is -1.47. The lowest BCUT2D eigenvalue weighted by atomic mass is 10.2. The molecule has 0 spiro atoms. The van der Waals surface area contributed by atoms with Crippen LogP contribution in [-0.2, 0) is 11.3 Å². The summed E-state index contributed by atoms with van der Waals surface area (Å²) < 4.78 is 1.75. The van der Waals surface area contributed by atoms with Gasteiger partial charge in [-0.1, -0.05) is 6.92 Å². The highest BCUT2D eigenvalue weighted by molar-refractivity contribution is 5.76. The van der Waals surface area contributed by atoms with Crippen LogP contribution in [0.3, 0.4) is 0 Å². The second-order valence-electron chi connectivity index (χ2n) is 5.51. The first-order chi connectivity index (χ1) is 10.2. The Balaban J connectivity index is 1.63. The first-order valence-electron chi connectivity index (χ1n) is 7.69. The highest BCUT2D eigenvalue weighted by atomic mass is 16.3. The number of carbonyl (C=O) groups is 1. The second kappa shape index (κ2) is 8.09. The van der Waals surface area contributed by atoms with Gasteiger partial charge in [-0.25, -0.2) is 4.98 Å². The molecule has 1 aliphatic heterocycles. The van der Waals surface area contributed by atoms with E-state index in [9.17, 15) is 9.90 Å². The quantitative estimate of drug-likeness (QED) is 0.765. The van der Waals surface area contributed by atoms with Gasteiger partial charge in [0.05, 0.1) is 6.10 Å². The molecule has 7 heteroatoms. The number of β-amino-alcohol motifs (C(OH)–C–C–N with tert-alkyl or cyclic N) is 1. The monoisotopic (exact) mass is 295 g/mol. The second-order valence-corrected chi connectivity index (χ2v) is 5.51. The van der Waals surface area contributed by atoms with Crippen LogP contribution in [-0.4, -0.2) is 74.4 Å².